The molecule has 0 spiro atoms. The van der Waals surface area contributed by atoms with E-state index in [-0.39, 0.29) is 12.1 Å². The predicted octanol–water partition coefficient (Wildman–Crippen LogP) is 3.35. The van der Waals surface area contributed by atoms with Crippen LogP contribution < -0.4 is 10.6 Å². The second kappa shape index (κ2) is 7.40. The van der Waals surface area contributed by atoms with E-state index < -0.39 is 0 Å². The van der Waals surface area contributed by atoms with Gasteiger partial charge in [0.25, 0.3) is 0 Å². The number of nitrogens with one attached hydrogen (secondary N) is 2. The van der Waals surface area contributed by atoms with Crippen LogP contribution in [0.5, 0.6) is 0 Å². The van der Waals surface area contributed by atoms with Crippen molar-refractivity contribution in [2.24, 2.45) is 5.92 Å². The number of nitrogens with zero attached hydrogens (tertiary/aromatic N) is 1. The summed E-state index contributed by atoms with van der Waals surface area (Å²) in [5, 5.41) is 8.88. The van der Waals surface area contributed by atoms with Crippen LogP contribution in [0.2, 0.25) is 0 Å². The number of benzene rings is 1. The molecule has 1 aliphatic carbocycles. The van der Waals surface area contributed by atoms with E-state index in [0.717, 1.165) is 17.8 Å². The number of hydrogen-bond donors (Lipinski definition) is 2. The number of urea groups is 1. The summed E-state index contributed by atoms with van der Waals surface area (Å²) in [5.74, 6) is 0.535. The molecule has 0 saturated heterocycles. The second-order valence-electron chi connectivity index (χ2n) is 5.74. The van der Waals surface area contributed by atoms with Crippen molar-refractivity contribution in [1.82, 2.24) is 15.6 Å². The van der Waals surface area contributed by atoms with Crippen molar-refractivity contribution in [3.63, 3.8) is 0 Å². The van der Waals surface area contributed by atoms with Crippen molar-refractivity contribution in [1.29, 1.82) is 0 Å². The maximum atomic E-state index is 12.0. The van der Waals surface area contributed by atoms with Crippen molar-refractivity contribution in [2.75, 3.05) is 0 Å². The molecule has 0 aliphatic heterocycles. The minimum atomic E-state index is -0.0832. The van der Waals surface area contributed by atoms with Gasteiger partial charge >= 0.3 is 6.03 Å². The monoisotopic (exact) mass is 315 g/mol. The lowest BCUT2D eigenvalue weighted by Gasteiger charge is -2.21. The van der Waals surface area contributed by atoms with E-state index in [1.165, 1.54) is 18.4 Å². The summed E-state index contributed by atoms with van der Waals surface area (Å²) < 4.78 is 0. The summed E-state index contributed by atoms with van der Waals surface area (Å²) in [5.41, 5.74) is 1.35. The molecule has 2 unspecified atom stereocenters. The number of hydrogen-bond acceptors (Lipinski definition) is 3. The van der Waals surface area contributed by atoms with Crippen molar-refractivity contribution in [3.8, 4) is 0 Å². The van der Waals surface area contributed by atoms with E-state index in [1.807, 2.05) is 11.4 Å². The van der Waals surface area contributed by atoms with Crippen molar-refractivity contribution in [3.05, 3.63) is 52.5 Å². The Morgan fingerprint density at radius 3 is 2.91 bits per heavy atom. The highest BCUT2D eigenvalue weighted by Crippen LogP contribution is 2.28. The molecular weight excluding hydrogens is 294 g/mol. The summed E-state index contributed by atoms with van der Waals surface area (Å²) in [6.45, 7) is 0.500. The molecule has 22 heavy (non-hydrogen) atoms. The van der Waals surface area contributed by atoms with E-state index in [1.54, 1.807) is 17.5 Å². The summed E-state index contributed by atoms with van der Waals surface area (Å²) in [6, 6.07) is 10.7. The average molecular weight is 315 g/mol. The fraction of sp³-hybridized carbons (Fsp3) is 0.412. The molecule has 3 rings (SSSR count). The van der Waals surface area contributed by atoms with Gasteiger partial charge < -0.3 is 10.6 Å². The Bertz CT molecular complexity index is 585. The zero-order valence-corrected chi connectivity index (χ0v) is 13.3. The van der Waals surface area contributed by atoms with Gasteiger partial charge in [0.15, 0.2) is 0 Å². The predicted molar refractivity (Wildman–Crippen MR) is 88.8 cm³/mol. The van der Waals surface area contributed by atoms with Crippen LogP contribution in [0.15, 0.2) is 41.9 Å². The molecule has 2 amide bonds. The minimum Gasteiger partial charge on any atom is -0.335 e. The molecule has 5 heteroatoms. The van der Waals surface area contributed by atoms with Gasteiger partial charge in [0.05, 0.1) is 6.54 Å². The van der Waals surface area contributed by atoms with Crippen LogP contribution in [0.1, 0.15) is 29.8 Å². The third kappa shape index (κ3) is 4.07. The maximum Gasteiger partial charge on any atom is 0.315 e. The highest BCUT2D eigenvalue weighted by Gasteiger charge is 2.28. The first-order valence-electron chi connectivity index (χ1n) is 7.78. The first-order valence-corrected chi connectivity index (χ1v) is 8.66. The molecule has 116 valence electrons. The standard InChI is InChI=1S/C17H21N3OS/c21-17(19-12-16-18-9-10-22-16)20-15-8-4-7-14(15)11-13-5-2-1-3-6-13/h1-3,5-6,9-10,14-15H,4,7-8,11-12H2,(H2,19,20,21). The Hall–Kier alpha value is -1.88. The molecular formula is C17H21N3OS. The summed E-state index contributed by atoms with van der Waals surface area (Å²) in [7, 11) is 0. The number of carbonyl (C=O) groups excluding carboxylic acids is 1. The number of thiazole rings is 1. The smallest absolute Gasteiger partial charge is 0.315 e. The molecule has 2 atom stereocenters. The molecule has 4 nitrogen and oxygen atoms in total. The Labute approximate surface area is 135 Å². The largest absolute Gasteiger partial charge is 0.335 e. The third-order valence-corrected chi connectivity index (χ3v) is 4.98. The molecule has 1 fully saturated rings. The van der Waals surface area contributed by atoms with Gasteiger partial charge in [-0.05, 0) is 30.7 Å². The van der Waals surface area contributed by atoms with Crippen LogP contribution in [0.4, 0.5) is 4.79 Å². The lowest BCUT2D eigenvalue weighted by atomic mass is 9.95. The van der Waals surface area contributed by atoms with Gasteiger partial charge in [-0.3, -0.25) is 0 Å². The zero-order chi connectivity index (χ0) is 15.2. The normalized spacial score (nSPS) is 20.7. The molecule has 1 aromatic heterocycles. The van der Waals surface area contributed by atoms with Crippen LogP contribution in [-0.2, 0) is 13.0 Å². The minimum absolute atomic E-state index is 0.0832. The first-order chi connectivity index (χ1) is 10.8. The number of carbonyl (C=O) groups is 1. The Kier molecular flexibility index (Phi) is 5.06. The van der Waals surface area contributed by atoms with Crippen LogP contribution in [0.25, 0.3) is 0 Å². The van der Waals surface area contributed by atoms with E-state index in [4.69, 9.17) is 0 Å². The van der Waals surface area contributed by atoms with Gasteiger partial charge in [-0.2, -0.15) is 0 Å². The number of rotatable bonds is 5. The molecule has 2 aromatic rings. The highest BCUT2D eigenvalue weighted by atomic mass is 32.1. The summed E-state index contributed by atoms with van der Waals surface area (Å²) in [6.07, 6.45) is 6.24. The van der Waals surface area contributed by atoms with Crippen molar-refractivity contribution in [2.45, 2.75) is 38.3 Å². The molecule has 1 aromatic carbocycles. The quantitative estimate of drug-likeness (QED) is 0.889. The lowest BCUT2D eigenvalue weighted by molar-refractivity contribution is 0.233. The van der Waals surface area contributed by atoms with Crippen LogP contribution in [0.3, 0.4) is 0 Å². The van der Waals surface area contributed by atoms with Gasteiger partial charge in [-0.15, -0.1) is 11.3 Å². The third-order valence-electron chi connectivity index (χ3n) is 4.20. The van der Waals surface area contributed by atoms with Crippen LogP contribution >= 0.6 is 11.3 Å². The van der Waals surface area contributed by atoms with Crippen molar-refractivity contribution >= 4 is 17.4 Å². The Morgan fingerprint density at radius 2 is 2.14 bits per heavy atom. The zero-order valence-electron chi connectivity index (χ0n) is 12.5. The first kappa shape index (κ1) is 15.0. The van der Waals surface area contributed by atoms with E-state index in [0.29, 0.717) is 12.5 Å². The fourth-order valence-electron chi connectivity index (χ4n) is 3.10. The van der Waals surface area contributed by atoms with Gasteiger partial charge in [0, 0.05) is 17.6 Å². The molecule has 1 heterocycles. The fourth-order valence-corrected chi connectivity index (χ4v) is 3.66. The molecule has 2 N–H and O–H groups in total. The summed E-state index contributed by atoms with van der Waals surface area (Å²) >= 11 is 1.56. The van der Waals surface area contributed by atoms with Crippen molar-refractivity contribution < 1.29 is 4.79 Å². The van der Waals surface area contributed by atoms with Gasteiger partial charge in [-0.1, -0.05) is 36.8 Å². The Balaban J connectivity index is 1.49. The van der Waals surface area contributed by atoms with Gasteiger partial charge in [-0.25, -0.2) is 9.78 Å². The molecule has 1 aliphatic rings. The SMILES string of the molecule is O=C(NCc1nccs1)NC1CCCC1Cc1ccccc1. The number of aromatic nitrogens is 1. The van der Waals surface area contributed by atoms with Gasteiger partial charge in [0.2, 0.25) is 0 Å². The average Bonchev–Trinajstić information content (AvgIpc) is 3.19. The molecule has 0 bridgehead atoms. The van der Waals surface area contributed by atoms with Crippen LogP contribution in [-0.4, -0.2) is 17.1 Å². The second-order valence-corrected chi connectivity index (χ2v) is 6.72. The van der Waals surface area contributed by atoms with E-state index in [9.17, 15) is 4.79 Å². The van der Waals surface area contributed by atoms with E-state index in [2.05, 4.69) is 39.9 Å². The van der Waals surface area contributed by atoms with Gasteiger partial charge in [0.1, 0.15) is 5.01 Å². The maximum absolute atomic E-state index is 12.0. The topological polar surface area (TPSA) is 54.0 Å². The number of amides is 2. The lowest BCUT2D eigenvalue weighted by Crippen LogP contribution is -2.43. The summed E-state index contributed by atoms with van der Waals surface area (Å²) in [4.78, 5) is 16.2. The van der Waals surface area contributed by atoms with Crippen LogP contribution in [0, 0.1) is 5.92 Å². The van der Waals surface area contributed by atoms with E-state index >= 15 is 0 Å². The Morgan fingerprint density at radius 1 is 1.27 bits per heavy atom. The molecule has 0 radical (unpaired) electrons. The highest BCUT2D eigenvalue weighted by molar-refractivity contribution is 7.09. The molecule has 1 saturated carbocycles.